The fraction of sp³-hybridized carbons (Fsp3) is 0.267. The van der Waals surface area contributed by atoms with Crippen LogP contribution in [0.3, 0.4) is 0 Å². The van der Waals surface area contributed by atoms with Crippen LogP contribution in [0.2, 0.25) is 0 Å². The maximum absolute atomic E-state index is 12.4. The van der Waals surface area contributed by atoms with Gasteiger partial charge in [-0.05, 0) is 30.5 Å². The zero-order valence-corrected chi connectivity index (χ0v) is 13.6. The summed E-state index contributed by atoms with van der Waals surface area (Å²) < 4.78 is 25.9. The van der Waals surface area contributed by atoms with Crippen molar-refractivity contribution < 1.29 is 13.2 Å². The lowest BCUT2D eigenvalue weighted by Gasteiger charge is -2.16. The van der Waals surface area contributed by atoms with Crippen LogP contribution in [0.1, 0.15) is 21.7 Å². The lowest BCUT2D eigenvalue weighted by Crippen LogP contribution is -2.29. The Morgan fingerprint density at radius 2 is 1.86 bits per heavy atom. The molecule has 2 aromatic rings. The molecule has 1 aromatic heterocycles. The summed E-state index contributed by atoms with van der Waals surface area (Å²) in [5.74, 6) is -0.0315. The number of ketones is 1. The Morgan fingerprint density at radius 1 is 1.19 bits per heavy atom. The van der Waals surface area contributed by atoms with E-state index in [2.05, 4.69) is 0 Å². The second kappa shape index (κ2) is 6.51. The number of carbonyl (C=O) groups excluding carboxylic acids is 1. The average Bonchev–Trinajstić information content (AvgIpc) is 2.99. The molecule has 0 fully saturated rings. The first-order chi connectivity index (χ1) is 9.91. The van der Waals surface area contributed by atoms with Gasteiger partial charge < -0.3 is 0 Å². The summed E-state index contributed by atoms with van der Waals surface area (Å²) in [6, 6.07) is 10.3. The number of hydrogen-bond donors (Lipinski definition) is 0. The highest BCUT2D eigenvalue weighted by molar-refractivity contribution is 7.89. The van der Waals surface area contributed by atoms with Gasteiger partial charge in [0.05, 0.1) is 9.77 Å². The van der Waals surface area contributed by atoms with Crippen molar-refractivity contribution in [1.29, 1.82) is 0 Å². The van der Waals surface area contributed by atoms with E-state index in [1.54, 1.807) is 30.3 Å². The van der Waals surface area contributed by atoms with Crippen molar-refractivity contribution >= 4 is 27.1 Å². The fourth-order valence-corrected chi connectivity index (χ4v) is 3.70. The Hall–Kier alpha value is -1.50. The number of sulfonamides is 1. The largest absolute Gasteiger partial charge is 0.293 e. The number of aryl methyl sites for hydroxylation is 1. The summed E-state index contributed by atoms with van der Waals surface area (Å²) in [5, 5.41) is 1.83. The summed E-state index contributed by atoms with van der Waals surface area (Å²) in [4.78, 5) is 12.8. The summed E-state index contributed by atoms with van der Waals surface area (Å²) in [5.41, 5.74) is 1.00. The smallest absolute Gasteiger partial charge is 0.242 e. The third-order valence-corrected chi connectivity index (χ3v) is 5.96. The second-order valence-corrected chi connectivity index (χ2v) is 7.78. The van der Waals surface area contributed by atoms with Gasteiger partial charge in [-0.3, -0.25) is 4.79 Å². The zero-order valence-electron chi connectivity index (χ0n) is 11.9. The minimum atomic E-state index is -3.54. The van der Waals surface area contributed by atoms with Crippen LogP contribution in [0, 0.1) is 6.92 Å². The highest BCUT2D eigenvalue weighted by atomic mass is 32.2. The van der Waals surface area contributed by atoms with E-state index >= 15 is 0 Å². The Balaban J connectivity index is 2.03. The third kappa shape index (κ3) is 3.78. The van der Waals surface area contributed by atoms with Crippen LogP contribution in [0.4, 0.5) is 0 Å². The monoisotopic (exact) mass is 323 g/mol. The predicted molar refractivity (Wildman–Crippen MR) is 84.3 cm³/mol. The maximum atomic E-state index is 12.4. The van der Waals surface area contributed by atoms with E-state index in [0.717, 1.165) is 5.56 Å². The fourth-order valence-electron chi connectivity index (χ4n) is 1.83. The van der Waals surface area contributed by atoms with Crippen LogP contribution in [-0.4, -0.2) is 32.1 Å². The number of carbonyl (C=O) groups is 1. The number of rotatable bonds is 6. The lowest BCUT2D eigenvalue weighted by atomic mass is 10.2. The van der Waals surface area contributed by atoms with Crippen molar-refractivity contribution in [2.45, 2.75) is 18.2 Å². The van der Waals surface area contributed by atoms with Crippen LogP contribution in [0.5, 0.6) is 0 Å². The second-order valence-electron chi connectivity index (χ2n) is 4.79. The molecule has 0 aliphatic rings. The average molecular weight is 323 g/mol. The van der Waals surface area contributed by atoms with E-state index in [0.29, 0.717) is 4.88 Å². The standard InChI is InChI=1S/C15H17NO3S2/c1-12-5-7-13(8-6-12)21(18,19)16(2)10-9-14(17)15-4-3-11-20-15/h3-8,11H,9-10H2,1-2H3. The molecule has 1 aromatic carbocycles. The molecule has 0 atom stereocenters. The lowest BCUT2D eigenvalue weighted by molar-refractivity contribution is 0.0981. The van der Waals surface area contributed by atoms with E-state index in [1.807, 2.05) is 18.4 Å². The first-order valence-corrected chi connectivity index (χ1v) is 8.83. The maximum Gasteiger partial charge on any atom is 0.242 e. The molecule has 112 valence electrons. The predicted octanol–water partition coefficient (Wildman–Crippen LogP) is 2.95. The van der Waals surface area contributed by atoms with Crippen molar-refractivity contribution in [3.05, 3.63) is 52.2 Å². The molecule has 0 aliphatic heterocycles. The van der Waals surface area contributed by atoms with E-state index < -0.39 is 10.0 Å². The number of Topliss-reactive ketones (excluding diaryl/α,β-unsaturated/α-hetero) is 1. The van der Waals surface area contributed by atoms with Crippen LogP contribution in [-0.2, 0) is 10.0 Å². The Kier molecular flexibility index (Phi) is 4.92. The third-order valence-electron chi connectivity index (χ3n) is 3.18. The minimum absolute atomic E-state index is 0.0315. The molecule has 0 bridgehead atoms. The highest BCUT2D eigenvalue weighted by Gasteiger charge is 2.21. The molecule has 2 rings (SSSR count). The molecule has 0 saturated heterocycles. The van der Waals surface area contributed by atoms with Crippen molar-refractivity contribution in [1.82, 2.24) is 4.31 Å². The van der Waals surface area contributed by atoms with E-state index in [-0.39, 0.29) is 23.6 Å². The zero-order chi connectivity index (χ0) is 15.5. The molecule has 0 spiro atoms. The molecule has 0 amide bonds. The van der Waals surface area contributed by atoms with E-state index in [4.69, 9.17) is 0 Å². The van der Waals surface area contributed by atoms with Crippen LogP contribution < -0.4 is 0 Å². The molecule has 0 aliphatic carbocycles. The van der Waals surface area contributed by atoms with Gasteiger partial charge in [-0.25, -0.2) is 12.7 Å². The summed E-state index contributed by atoms with van der Waals surface area (Å²) in [6.07, 6.45) is 0.183. The molecule has 4 nitrogen and oxygen atoms in total. The van der Waals surface area contributed by atoms with Gasteiger partial charge >= 0.3 is 0 Å². The van der Waals surface area contributed by atoms with Gasteiger partial charge in [0, 0.05) is 20.0 Å². The number of benzene rings is 1. The van der Waals surface area contributed by atoms with Crippen molar-refractivity contribution in [2.75, 3.05) is 13.6 Å². The molecule has 0 unspecified atom stereocenters. The SMILES string of the molecule is Cc1ccc(S(=O)(=O)N(C)CCC(=O)c2cccs2)cc1. The molecule has 0 radical (unpaired) electrons. The Morgan fingerprint density at radius 3 is 2.43 bits per heavy atom. The van der Waals surface area contributed by atoms with Crippen molar-refractivity contribution in [3.8, 4) is 0 Å². The molecule has 0 saturated carbocycles. The van der Waals surface area contributed by atoms with Crippen LogP contribution in [0.25, 0.3) is 0 Å². The molecule has 0 N–H and O–H groups in total. The topological polar surface area (TPSA) is 54.5 Å². The van der Waals surface area contributed by atoms with Crippen molar-refractivity contribution in [2.24, 2.45) is 0 Å². The molecular formula is C15H17NO3S2. The van der Waals surface area contributed by atoms with Gasteiger partial charge in [-0.1, -0.05) is 23.8 Å². The van der Waals surface area contributed by atoms with Gasteiger partial charge in [0.1, 0.15) is 0 Å². The van der Waals surface area contributed by atoms with E-state index in [9.17, 15) is 13.2 Å². The molecule has 21 heavy (non-hydrogen) atoms. The molecule has 1 heterocycles. The Labute approximate surface area is 129 Å². The summed E-state index contributed by atoms with van der Waals surface area (Å²) in [7, 11) is -2.04. The molecule has 6 heteroatoms. The quantitative estimate of drug-likeness (QED) is 0.768. The van der Waals surface area contributed by atoms with Gasteiger partial charge in [-0.15, -0.1) is 11.3 Å². The van der Waals surface area contributed by atoms with E-state index in [1.165, 1.54) is 22.7 Å². The van der Waals surface area contributed by atoms with Crippen LogP contribution in [0.15, 0.2) is 46.7 Å². The number of nitrogens with zero attached hydrogens (tertiary/aromatic N) is 1. The van der Waals surface area contributed by atoms with Gasteiger partial charge in [-0.2, -0.15) is 0 Å². The van der Waals surface area contributed by atoms with Gasteiger partial charge in [0.2, 0.25) is 10.0 Å². The van der Waals surface area contributed by atoms with Gasteiger partial charge in [0.15, 0.2) is 5.78 Å². The van der Waals surface area contributed by atoms with Crippen LogP contribution >= 0.6 is 11.3 Å². The normalized spacial score (nSPS) is 11.8. The Bertz CT molecular complexity index is 704. The van der Waals surface area contributed by atoms with Gasteiger partial charge in [0.25, 0.3) is 0 Å². The molecular weight excluding hydrogens is 306 g/mol. The first kappa shape index (κ1) is 15.9. The highest BCUT2D eigenvalue weighted by Crippen LogP contribution is 2.16. The number of hydrogen-bond acceptors (Lipinski definition) is 4. The summed E-state index contributed by atoms with van der Waals surface area (Å²) in [6.45, 7) is 2.08. The number of thiophene rings is 1. The summed E-state index contributed by atoms with van der Waals surface area (Å²) >= 11 is 1.37. The van der Waals surface area contributed by atoms with Crippen molar-refractivity contribution in [3.63, 3.8) is 0 Å². The minimum Gasteiger partial charge on any atom is -0.293 e. The first-order valence-electron chi connectivity index (χ1n) is 6.51.